The molecule has 0 fully saturated rings. The molecule has 182 valence electrons. The number of nitrogens with zero attached hydrogens (tertiary/aromatic N) is 4. The van der Waals surface area contributed by atoms with Crippen LogP contribution in [0, 0.1) is 5.82 Å². The van der Waals surface area contributed by atoms with E-state index in [1.807, 2.05) is 35.3 Å². The summed E-state index contributed by atoms with van der Waals surface area (Å²) < 4.78 is 15.3. The number of carbonyl (C=O) groups excluding carboxylic acids is 1. The van der Waals surface area contributed by atoms with Crippen molar-refractivity contribution >= 4 is 22.9 Å². The molecule has 2 N–H and O–H groups in total. The van der Waals surface area contributed by atoms with Crippen molar-refractivity contribution in [2.24, 2.45) is 0 Å². The highest BCUT2D eigenvalue weighted by molar-refractivity contribution is 7.07. The number of aryl methyl sites for hydroxylation is 1. The molecule has 3 aromatic heterocycles. The van der Waals surface area contributed by atoms with Gasteiger partial charge in [-0.05, 0) is 48.7 Å². The fraction of sp³-hybridized carbons (Fsp3) is 0.308. The van der Waals surface area contributed by atoms with Crippen LogP contribution < -0.4 is 10.6 Å². The molecule has 0 aliphatic carbocycles. The van der Waals surface area contributed by atoms with E-state index in [1.54, 1.807) is 23.8 Å². The van der Waals surface area contributed by atoms with Crippen LogP contribution in [0.3, 0.4) is 0 Å². The summed E-state index contributed by atoms with van der Waals surface area (Å²) in [7, 11) is 1.83. The highest BCUT2D eigenvalue weighted by atomic mass is 32.1. The molecule has 0 amide bonds. The third kappa shape index (κ3) is 6.58. The average molecular weight is 493 g/mol. The van der Waals surface area contributed by atoms with Crippen molar-refractivity contribution < 1.29 is 9.18 Å². The second-order valence-electron chi connectivity index (χ2n) is 8.31. The second-order valence-corrected chi connectivity index (χ2v) is 9.03. The number of anilines is 1. The minimum atomic E-state index is -0.438. The van der Waals surface area contributed by atoms with E-state index in [2.05, 4.69) is 27.5 Å². The Labute approximate surface area is 208 Å². The Balaban J connectivity index is 1.56. The molecule has 0 spiro atoms. The Morgan fingerprint density at radius 3 is 2.71 bits per heavy atom. The number of Topliss-reactive ketones (excluding diaryl/α,β-unsaturated/α-hetero) is 1. The minimum Gasteiger partial charge on any atom is -0.373 e. The highest BCUT2D eigenvalue weighted by Crippen LogP contribution is 2.22. The van der Waals surface area contributed by atoms with Gasteiger partial charge in [0.25, 0.3) is 0 Å². The van der Waals surface area contributed by atoms with Gasteiger partial charge in [0.2, 0.25) is 0 Å². The van der Waals surface area contributed by atoms with Crippen LogP contribution in [0.5, 0.6) is 0 Å². The van der Waals surface area contributed by atoms with Gasteiger partial charge in [-0.3, -0.25) is 9.48 Å². The molecule has 0 aliphatic heterocycles. The van der Waals surface area contributed by atoms with Crippen LogP contribution >= 0.6 is 11.3 Å². The first-order chi connectivity index (χ1) is 17.1. The monoisotopic (exact) mass is 492 g/mol. The molecule has 9 heteroatoms. The molecule has 7 nitrogen and oxygen atoms in total. The maximum Gasteiger partial charge on any atom is 0.156 e. The van der Waals surface area contributed by atoms with E-state index in [4.69, 9.17) is 5.10 Å². The van der Waals surface area contributed by atoms with Crippen LogP contribution in [0.1, 0.15) is 30.3 Å². The predicted molar refractivity (Wildman–Crippen MR) is 137 cm³/mol. The summed E-state index contributed by atoms with van der Waals surface area (Å²) in [6, 6.07) is 11.7. The van der Waals surface area contributed by atoms with Crippen LogP contribution in [0.2, 0.25) is 0 Å². The summed E-state index contributed by atoms with van der Waals surface area (Å²) >= 11 is 1.52. The molecule has 3 heterocycles. The number of halogens is 1. The molecular weight excluding hydrogens is 463 g/mol. The van der Waals surface area contributed by atoms with Crippen molar-refractivity contribution in [2.45, 2.75) is 45.3 Å². The standard InChI is InChI=1S/C26H29FN6OS/c1-3-10-33-22(13-23(32-33)19-8-9-29-26(12-19)28-2)14-25(34)24(30-15-21-16-35-17-31-21)11-18-4-6-20(27)7-5-18/h4-9,12-13,16-17,24,30H,3,10-11,14-15H2,1-2H3,(H,28,29)/t24-/m0/s1. The second kappa shape index (κ2) is 11.8. The lowest BCUT2D eigenvalue weighted by Crippen LogP contribution is -2.39. The van der Waals surface area contributed by atoms with Gasteiger partial charge in [0.15, 0.2) is 5.78 Å². The van der Waals surface area contributed by atoms with Crippen LogP contribution in [-0.2, 0) is 30.7 Å². The highest BCUT2D eigenvalue weighted by Gasteiger charge is 2.22. The van der Waals surface area contributed by atoms with Gasteiger partial charge >= 0.3 is 0 Å². The summed E-state index contributed by atoms with van der Waals surface area (Å²) in [5.74, 6) is 0.523. The molecule has 4 aromatic rings. The Morgan fingerprint density at radius 1 is 1.17 bits per heavy atom. The summed E-state index contributed by atoms with van der Waals surface area (Å²) in [5.41, 5.74) is 6.19. The molecule has 0 aliphatic rings. The van der Waals surface area contributed by atoms with E-state index < -0.39 is 6.04 Å². The Morgan fingerprint density at radius 2 is 2.00 bits per heavy atom. The molecule has 0 saturated carbocycles. The Kier molecular flexibility index (Phi) is 8.33. The zero-order valence-electron chi connectivity index (χ0n) is 19.9. The van der Waals surface area contributed by atoms with E-state index in [0.29, 0.717) is 13.0 Å². The molecule has 0 saturated heterocycles. The first-order valence-corrected chi connectivity index (χ1v) is 12.6. The minimum absolute atomic E-state index is 0.0546. The summed E-state index contributed by atoms with van der Waals surface area (Å²) in [6.45, 7) is 3.30. The zero-order chi connectivity index (χ0) is 24.6. The third-order valence-corrected chi connectivity index (χ3v) is 6.36. The lowest BCUT2D eigenvalue weighted by atomic mass is 9.99. The molecular formula is C26H29FN6OS. The number of nitrogens with one attached hydrogen (secondary N) is 2. The van der Waals surface area contributed by atoms with Gasteiger partial charge in [0.05, 0.1) is 29.4 Å². The summed E-state index contributed by atoms with van der Waals surface area (Å²) in [6.07, 6.45) is 3.36. The summed E-state index contributed by atoms with van der Waals surface area (Å²) in [4.78, 5) is 22.1. The largest absolute Gasteiger partial charge is 0.373 e. The van der Waals surface area contributed by atoms with Gasteiger partial charge in [-0.2, -0.15) is 5.10 Å². The van der Waals surface area contributed by atoms with Crippen molar-refractivity contribution in [3.63, 3.8) is 0 Å². The van der Waals surface area contributed by atoms with Crippen molar-refractivity contribution in [3.8, 4) is 11.3 Å². The van der Waals surface area contributed by atoms with Gasteiger partial charge in [-0.1, -0.05) is 19.1 Å². The van der Waals surface area contributed by atoms with E-state index in [-0.39, 0.29) is 18.0 Å². The SMILES string of the molecule is CCCn1nc(-c2ccnc(NC)c2)cc1CC(=O)[C@H](Cc1ccc(F)cc1)NCc1cscn1. The number of pyridine rings is 1. The van der Waals surface area contributed by atoms with E-state index in [9.17, 15) is 9.18 Å². The number of aromatic nitrogens is 4. The summed E-state index contributed by atoms with van der Waals surface area (Å²) in [5, 5.41) is 13.2. The van der Waals surface area contributed by atoms with Gasteiger partial charge in [-0.15, -0.1) is 11.3 Å². The van der Waals surface area contributed by atoms with Crippen molar-refractivity contribution in [2.75, 3.05) is 12.4 Å². The number of hydrogen-bond acceptors (Lipinski definition) is 7. The van der Waals surface area contributed by atoms with E-state index in [1.165, 1.54) is 23.5 Å². The number of carbonyl (C=O) groups is 1. The molecule has 0 unspecified atom stereocenters. The van der Waals surface area contributed by atoms with E-state index in [0.717, 1.165) is 47.0 Å². The van der Waals surface area contributed by atoms with Gasteiger partial charge in [-0.25, -0.2) is 14.4 Å². The third-order valence-electron chi connectivity index (χ3n) is 5.72. The first-order valence-electron chi connectivity index (χ1n) is 11.6. The van der Waals surface area contributed by atoms with Gasteiger partial charge in [0.1, 0.15) is 11.6 Å². The average Bonchev–Trinajstić information content (AvgIpc) is 3.53. The lowest BCUT2D eigenvalue weighted by Gasteiger charge is -2.18. The topological polar surface area (TPSA) is 84.7 Å². The Bertz CT molecular complexity index is 1240. The molecule has 0 radical (unpaired) electrons. The number of ketones is 1. The van der Waals surface area contributed by atoms with Gasteiger partial charge < -0.3 is 10.6 Å². The first kappa shape index (κ1) is 24.7. The fourth-order valence-corrected chi connectivity index (χ4v) is 4.44. The molecule has 1 aromatic carbocycles. The number of rotatable bonds is 12. The van der Waals surface area contributed by atoms with Crippen LogP contribution in [0.4, 0.5) is 10.2 Å². The van der Waals surface area contributed by atoms with Crippen LogP contribution in [-0.4, -0.2) is 38.6 Å². The molecule has 35 heavy (non-hydrogen) atoms. The number of hydrogen-bond donors (Lipinski definition) is 2. The quantitative estimate of drug-likeness (QED) is 0.303. The number of benzene rings is 1. The molecule has 0 bridgehead atoms. The fourth-order valence-electron chi connectivity index (χ4n) is 3.88. The van der Waals surface area contributed by atoms with Crippen LogP contribution in [0.15, 0.2) is 59.6 Å². The zero-order valence-corrected chi connectivity index (χ0v) is 20.7. The lowest BCUT2D eigenvalue weighted by molar-refractivity contribution is -0.120. The number of thiazole rings is 1. The predicted octanol–water partition coefficient (Wildman–Crippen LogP) is 4.51. The molecule has 1 atom stereocenters. The van der Waals surface area contributed by atoms with Crippen molar-refractivity contribution in [3.05, 3.63) is 82.3 Å². The van der Waals surface area contributed by atoms with Gasteiger partial charge in [0, 0.05) is 43.0 Å². The van der Waals surface area contributed by atoms with Crippen LogP contribution in [0.25, 0.3) is 11.3 Å². The Hall–Kier alpha value is -3.43. The normalized spacial score (nSPS) is 12.0. The smallest absolute Gasteiger partial charge is 0.156 e. The maximum atomic E-state index is 13.5. The molecule has 4 rings (SSSR count). The van der Waals surface area contributed by atoms with E-state index >= 15 is 0 Å². The van der Waals surface area contributed by atoms with Crippen molar-refractivity contribution in [1.82, 2.24) is 25.1 Å². The maximum absolute atomic E-state index is 13.5. The van der Waals surface area contributed by atoms with Crippen molar-refractivity contribution in [1.29, 1.82) is 0 Å².